The summed E-state index contributed by atoms with van der Waals surface area (Å²) < 4.78 is 30.2. The van der Waals surface area contributed by atoms with Gasteiger partial charge in [-0.2, -0.15) is 5.26 Å². The molecule has 4 nitrogen and oxygen atoms in total. The van der Waals surface area contributed by atoms with Crippen LogP contribution in [0.1, 0.15) is 24.8 Å². The fourth-order valence-corrected chi connectivity index (χ4v) is 3.67. The summed E-state index contributed by atoms with van der Waals surface area (Å²) in [5, 5.41) is 8.49. The molecule has 0 aliphatic rings. The quantitative estimate of drug-likeness (QED) is 0.684. The third kappa shape index (κ3) is 5.76. The zero-order valence-electron chi connectivity index (χ0n) is 12.8. The van der Waals surface area contributed by atoms with Crippen molar-refractivity contribution in [3.63, 3.8) is 0 Å². The number of hydrogen-bond acceptors (Lipinski definition) is 4. The van der Waals surface area contributed by atoms with Crippen LogP contribution in [-0.2, 0) is 15.6 Å². The normalized spacial score (nSPS) is 10.9. The molecule has 2 aromatic rings. The highest BCUT2D eigenvalue weighted by molar-refractivity contribution is 7.90. The third-order valence-corrected chi connectivity index (χ3v) is 4.97. The number of sulfone groups is 1. The van der Waals surface area contributed by atoms with Gasteiger partial charge in [0.15, 0.2) is 9.84 Å². The SMILES string of the molecule is N#CCCCCS(=O)(=O)Cc1ccccc1Oc1ccccc1. The lowest BCUT2D eigenvalue weighted by Crippen LogP contribution is -2.10. The molecule has 0 aromatic heterocycles. The van der Waals surface area contributed by atoms with Gasteiger partial charge in [0.1, 0.15) is 11.5 Å². The highest BCUT2D eigenvalue weighted by atomic mass is 32.2. The minimum absolute atomic E-state index is 0.0530. The highest BCUT2D eigenvalue weighted by Crippen LogP contribution is 2.26. The van der Waals surface area contributed by atoms with Crippen molar-refractivity contribution in [3.05, 3.63) is 60.2 Å². The molecule has 0 spiro atoms. The van der Waals surface area contributed by atoms with Crippen LogP contribution in [0.3, 0.4) is 0 Å². The van der Waals surface area contributed by atoms with Gasteiger partial charge >= 0.3 is 0 Å². The van der Waals surface area contributed by atoms with Gasteiger partial charge in [0.05, 0.1) is 17.6 Å². The zero-order valence-corrected chi connectivity index (χ0v) is 13.6. The monoisotopic (exact) mass is 329 g/mol. The Labute approximate surface area is 137 Å². The Kier molecular flexibility index (Phi) is 6.19. The molecule has 5 heteroatoms. The van der Waals surface area contributed by atoms with Crippen molar-refractivity contribution < 1.29 is 13.2 Å². The number of rotatable bonds is 8. The summed E-state index contributed by atoms with van der Waals surface area (Å²) in [6, 6.07) is 18.5. The number of nitriles is 1. The predicted molar refractivity (Wildman–Crippen MR) is 89.9 cm³/mol. The molecule has 0 saturated heterocycles. The van der Waals surface area contributed by atoms with E-state index in [-0.39, 0.29) is 11.5 Å². The Balaban J connectivity index is 2.07. The molecule has 2 aromatic carbocycles. The first-order chi connectivity index (χ1) is 11.1. The van der Waals surface area contributed by atoms with Crippen LogP contribution in [0, 0.1) is 11.3 Å². The van der Waals surface area contributed by atoms with Crippen LogP contribution in [0.4, 0.5) is 0 Å². The molecule has 23 heavy (non-hydrogen) atoms. The Bertz CT molecular complexity index is 764. The topological polar surface area (TPSA) is 67.2 Å². The van der Waals surface area contributed by atoms with Gasteiger partial charge in [-0.1, -0.05) is 36.4 Å². The number of ether oxygens (including phenoxy) is 1. The third-order valence-electron chi connectivity index (χ3n) is 3.31. The first-order valence-electron chi connectivity index (χ1n) is 7.49. The molecule has 0 aliphatic carbocycles. The van der Waals surface area contributed by atoms with E-state index in [2.05, 4.69) is 0 Å². The van der Waals surface area contributed by atoms with Crippen molar-refractivity contribution in [1.82, 2.24) is 0 Å². The minimum Gasteiger partial charge on any atom is -0.457 e. The van der Waals surface area contributed by atoms with Crippen molar-refractivity contribution in [3.8, 4) is 17.6 Å². The molecule has 120 valence electrons. The summed E-state index contributed by atoms with van der Waals surface area (Å²) in [5.41, 5.74) is 0.650. The van der Waals surface area contributed by atoms with Gasteiger partial charge in [-0.05, 0) is 31.0 Å². The van der Waals surface area contributed by atoms with Crippen molar-refractivity contribution in [2.24, 2.45) is 0 Å². The van der Waals surface area contributed by atoms with Gasteiger partial charge in [0.25, 0.3) is 0 Å². The van der Waals surface area contributed by atoms with E-state index in [1.807, 2.05) is 42.5 Å². The second-order valence-electron chi connectivity index (χ2n) is 5.23. The van der Waals surface area contributed by atoms with Crippen LogP contribution < -0.4 is 4.74 Å². The van der Waals surface area contributed by atoms with Crippen molar-refractivity contribution in [2.45, 2.75) is 25.0 Å². The average Bonchev–Trinajstić information content (AvgIpc) is 2.54. The van der Waals surface area contributed by atoms with Gasteiger partial charge in [0, 0.05) is 12.0 Å². The van der Waals surface area contributed by atoms with E-state index in [1.165, 1.54) is 0 Å². The number of benzene rings is 2. The second-order valence-corrected chi connectivity index (χ2v) is 7.41. The Morgan fingerprint density at radius 1 is 0.957 bits per heavy atom. The number of hydrogen-bond donors (Lipinski definition) is 0. The molecule has 0 bridgehead atoms. The van der Waals surface area contributed by atoms with Crippen LogP contribution in [0.5, 0.6) is 11.5 Å². The molecule has 2 rings (SSSR count). The summed E-state index contributed by atoms with van der Waals surface area (Å²) in [7, 11) is -3.22. The highest BCUT2D eigenvalue weighted by Gasteiger charge is 2.15. The first-order valence-corrected chi connectivity index (χ1v) is 9.31. The molecular formula is C18H19NO3S. The van der Waals surface area contributed by atoms with E-state index in [9.17, 15) is 8.42 Å². The largest absolute Gasteiger partial charge is 0.457 e. The molecule has 0 saturated carbocycles. The fraction of sp³-hybridized carbons (Fsp3) is 0.278. The Morgan fingerprint density at radius 2 is 1.65 bits per heavy atom. The zero-order chi connectivity index (χ0) is 16.5. The number of para-hydroxylation sites is 2. The molecule has 0 atom stereocenters. The first kappa shape index (κ1) is 17.0. The Morgan fingerprint density at radius 3 is 2.39 bits per heavy atom. The van der Waals surface area contributed by atoms with Crippen LogP contribution in [0.15, 0.2) is 54.6 Å². The maximum absolute atomic E-state index is 12.2. The van der Waals surface area contributed by atoms with Gasteiger partial charge in [-0.25, -0.2) is 8.42 Å². The van der Waals surface area contributed by atoms with E-state index < -0.39 is 9.84 Å². The summed E-state index contributed by atoms with van der Waals surface area (Å²) in [4.78, 5) is 0. The number of unbranched alkanes of at least 4 members (excludes halogenated alkanes) is 2. The van der Waals surface area contributed by atoms with Crippen LogP contribution in [-0.4, -0.2) is 14.2 Å². The van der Waals surface area contributed by atoms with E-state index in [1.54, 1.807) is 18.2 Å². The second kappa shape index (κ2) is 8.35. The van der Waals surface area contributed by atoms with Crippen LogP contribution in [0.25, 0.3) is 0 Å². The summed E-state index contributed by atoms with van der Waals surface area (Å²) in [5.74, 6) is 1.27. The molecule has 0 amide bonds. The van der Waals surface area contributed by atoms with Crippen molar-refractivity contribution in [1.29, 1.82) is 5.26 Å². The number of nitrogens with zero attached hydrogens (tertiary/aromatic N) is 1. The standard InChI is InChI=1S/C18H19NO3S/c19-13-7-2-8-14-23(20,21)15-16-9-5-6-12-18(16)22-17-10-3-1-4-11-17/h1,3-6,9-12H,2,7-8,14-15H2. The fourth-order valence-electron chi connectivity index (χ4n) is 2.17. The summed E-state index contributed by atoms with van der Waals surface area (Å²) in [6.07, 6.45) is 1.51. The van der Waals surface area contributed by atoms with E-state index in [0.29, 0.717) is 36.3 Å². The van der Waals surface area contributed by atoms with E-state index >= 15 is 0 Å². The molecule has 0 fully saturated rings. The summed E-state index contributed by atoms with van der Waals surface area (Å²) >= 11 is 0. The Hall–Kier alpha value is -2.32. The molecule has 0 N–H and O–H groups in total. The minimum atomic E-state index is -3.22. The molecule has 0 unspecified atom stereocenters. The average molecular weight is 329 g/mol. The van der Waals surface area contributed by atoms with Crippen molar-refractivity contribution >= 4 is 9.84 Å². The molecule has 0 radical (unpaired) electrons. The molecule has 0 heterocycles. The summed E-state index contributed by atoms with van der Waals surface area (Å²) in [6.45, 7) is 0. The smallest absolute Gasteiger partial charge is 0.154 e. The van der Waals surface area contributed by atoms with E-state index in [0.717, 1.165) is 0 Å². The van der Waals surface area contributed by atoms with E-state index in [4.69, 9.17) is 10.00 Å². The maximum atomic E-state index is 12.2. The van der Waals surface area contributed by atoms with Crippen molar-refractivity contribution in [2.75, 3.05) is 5.75 Å². The predicted octanol–water partition coefficient (Wildman–Crippen LogP) is 4.09. The van der Waals surface area contributed by atoms with Gasteiger partial charge in [-0.15, -0.1) is 0 Å². The molecule has 0 aliphatic heterocycles. The lowest BCUT2D eigenvalue weighted by Gasteiger charge is -2.11. The maximum Gasteiger partial charge on any atom is 0.154 e. The lowest BCUT2D eigenvalue weighted by molar-refractivity contribution is 0.477. The van der Waals surface area contributed by atoms with Gasteiger partial charge < -0.3 is 4.74 Å². The lowest BCUT2D eigenvalue weighted by atomic mass is 10.2. The molecular weight excluding hydrogens is 310 g/mol. The van der Waals surface area contributed by atoms with Gasteiger partial charge in [-0.3, -0.25) is 0 Å². The van der Waals surface area contributed by atoms with Gasteiger partial charge in [0.2, 0.25) is 0 Å². The van der Waals surface area contributed by atoms with Crippen LogP contribution in [0.2, 0.25) is 0 Å². The van der Waals surface area contributed by atoms with Crippen LogP contribution >= 0.6 is 0 Å².